The largest absolute Gasteiger partial charge is 0.503 e. The number of nitrogens with zero attached hydrogens (tertiary/aromatic N) is 3. The summed E-state index contributed by atoms with van der Waals surface area (Å²) in [6.45, 7) is 0.649. The molecule has 22 heavy (non-hydrogen) atoms. The highest BCUT2D eigenvalue weighted by atomic mass is 16.4. The van der Waals surface area contributed by atoms with Gasteiger partial charge in [0.05, 0.1) is 18.8 Å². The third-order valence-electron chi connectivity index (χ3n) is 3.23. The first-order valence-electron chi connectivity index (χ1n) is 6.86. The van der Waals surface area contributed by atoms with Crippen LogP contribution in [0.3, 0.4) is 0 Å². The van der Waals surface area contributed by atoms with Gasteiger partial charge in [0.2, 0.25) is 5.43 Å². The lowest BCUT2D eigenvalue weighted by Crippen LogP contribution is -2.30. The number of aliphatic carboxylic acids is 1. The number of carbonyl (C=O) groups is 1. The molecule has 0 amide bonds. The summed E-state index contributed by atoms with van der Waals surface area (Å²) in [5.41, 5.74) is 0.120. The van der Waals surface area contributed by atoms with E-state index in [0.29, 0.717) is 24.5 Å². The minimum absolute atomic E-state index is 0.0919. The molecule has 124 valence electrons. The van der Waals surface area contributed by atoms with Crippen molar-refractivity contribution in [2.75, 3.05) is 34.2 Å². The lowest BCUT2D eigenvalue weighted by molar-refractivity contribution is -0.138. The average molecular weight is 313 g/mol. The summed E-state index contributed by atoms with van der Waals surface area (Å²) >= 11 is 0. The van der Waals surface area contributed by atoms with Crippen LogP contribution in [0.1, 0.15) is 11.4 Å². The zero-order chi connectivity index (χ0) is 16.9. The summed E-state index contributed by atoms with van der Waals surface area (Å²) in [4.78, 5) is 26.0. The van der Waals surface area contributed by atoms with Crippen LogP contribution in [0.15, 0.2) is 10.9 Å². The molecule has 3 N–H and O–H groups in total. The van der Waals surface area contributed by atoms with Gasteiger partial charge in [-0.05, 0) is 21.1 Å². The van der Waals surface area contributed by atoms with Crippen molar-refractivity contribution in [2.24, 2.45) is 0 Å². The molecule has 0 aliphatic heterocycles. The van der Waals surface area contributed by atoms with Crippen LogP contribution in [0, 0.1) is 0 Å². The van der Waals surface area contributed by atoms with E-state index in [2.05, 4.69) is 0 Å². The van der Waals surface area contributed by atoms with E-state index in [0.717, 1.165) is 0 Å². The maximum absolute atomic E-state index is 11.8. The van der Waals surface area contributed by atoms with E-state index in [4.69, 9.17) is 5.11 Å². The minimum Gasteiger partial charge on any atom is -0.503 e. The number of aliphatic hydroxyl groups is 1. The second kappa shape index (κ2) is 7.92. The zero-order valence-corrected chi connectivity index (χ0v) is 13.1. The molecule has 0 saturated carbocycles. The molecule has 1 rings (SSSR count). The van der Waals surface area contributed by atoms with Gasteiger partial charge in [0, 0.05) is 31.4 Å². The van der Waals surface area contributed by atoms with Crippen LogP contribution in [0.4, 0.5) is 0 Å². The molecule has 0 spiro atoms. The molecular weight excluding hydrogens is 290 g/mol. The maximum Gasteiger partial charge on any atom is 0.317 e. The van der Waals surface area contributed by atoms with E-state index >= 15 is 0 Å². The van der Waals surface area contributed by atoms with Crippen molar-refractivity contribution in [1.82, 2.24) is 14.4 Å². The van der Waals surface area contributed by atoms with Gasteiger partial charge in [0.25, 0.3) is 0 Å². The van der Waals surface area contributed by atoms with Crippen molar-refractivity contribution in [2.45, 2.75) is 19.7 Å². The molecule has 0 aromatic carbocycles. The van der Waals surface area contributed by atoms with Gasteiger partial charge in [-0.15, -0.1) is 0 Å². The number of rotatable bonds is 8. The molecular formula is C14H23N3O5. The molecule has 8 heteroatoms. The lowest BCUT2D eigenvalue weighted by Gasteiger charge is -2.23. The number of carboxylic acid groups (broad SMARTS) is 1. The van der Waals surface area contributed by atoms with E-state index in [1.165, 1.54) is 11.0 Å². The van der Waals surface area contributed by atoms with Crippen molar-refractivity contribution >= 4 is 5.97 Å². The van der Waals surface area contributed by atoms with E-state index < -0.39 is 17.1 Å². The van der Waals surface area contributed by atoms with Crippen molar-refractivity contribution in [1.29, 1.82) is 0 Å². The Morgan fingerprint density at radius 2 is 1.95 bits per heavy atom. The van der Waals surface area contributed by atoms with E-state index in [-0.39, 0.29) is 19.7 Å². The third kappa shape index (κ3) is 4.83. The predicted octanol–water partition coefficient (Wildman–Crippen LogP) is -0.876. The standard InChI is InChI=1S/C14H23N3O5/c1-15(2)4-5-17-10(9-18)6-12(19)14(22)11(17)7-16(3)8-13(20)21/h6,18,22H,4-5,7-9H2,1-3H3,(H,20,21). The highest BCUT2D eigenvalue weighted by Gasteiger charge is 2.17. The minimum atomic E-state index is -0.998. The number of hydrogen-bond acceptors (Lipinski definition) is 6. The Balaban J connectivity index is 3.22. The van der Waals surface area contributed by atoms with Gasteiger partial charge in [-0.1, -0.05) is 0 Å². The summed E-state index contributed by atoms with van der Waals surface area (Å²) in [6.07, 6.45) is 0. The summed E-state index contributed by atoms with van der Waals surface area (Å²) in [6, 6.07) is 1.20. The Kier molecular flexibility index (Phi) is 6.54. The quantitative estimate of drug-likeness (QED) is 0.572. The number of aromatic hydroxyl groups is 1. The average Bonchev–Trinajstić information content (AvgIpc) is 2.41. The van der Waals surface area contributed by atoms with E-state index in [1.54, 1.807) is 11.6 Å². The molecule has 0 bridgehead atoms. The van der Waals surface area contributed by atoms with E-state index in [1.807, 2.05) is 19.0 Å². The highest BCUT2D eigenvalue weighted by molar-refractivity contribution is 5.69. The number of carboxylic acids is 1. The van der Waals surface area contributed by atoms with Gasteiger partial charge in [0.15, 0.2) is 5.75 Å². The topological polar surface area (TPSA) is 106 Å². The number of aromatic nitrogens is 1. The molecule has 0 unspecified atom stereocenters. The maximum atomic E-state index is 11.8. The molecule has 0 aliphatic carbocycles. The van der Waals surface area contributed by atoms with Crippen LogP contribution in [0.5, 0.6) is 5.75 Å². The van der Waals surface area contributed by atoms with Crippen LogP contribution >= 0.6 is 0 Å². The first-order valence-corrected chi connectivity index (χ1v) is 6.86. The first-order chi connectivity index (χ1) is 10.3. The summed E-state index contributed by atoms with van der Waals surface area (Å²) < 4.78 is 1.66. The van der Waals surface area contributed by atoms with Crippen LogP contribution in [0.25, 0.3) is 0 Å². The van der Waals surface area contributed by atoms with Crippen LogP contribution < -0.4 is 5.43 Å². The second-order valence-corrected chi connectivity index (χ2v) is 5.47. The lowest BCUT2D eigenvalue weighted by atomic mass is 10.2. The fourth-order valence-electron chi connectivity index (χ4n) is 2.15. The van der Waals surface area contributed by atoms with Gasteiger partial charge in [-0.25, -0.2) is 0 Å². The summed E-state index contributed by atoms with van der Waals surface area (Å²) in [5, 5.41) is 28.3. The first kappa shape index (κ1) is 18.1. The second-order valence-electron chi connectivity index (χ2n) is 5.47. The van der Waals surface area contributed by atoms with Gasteiger partial charge < -0.3 is 24.8 Å². The van der Waals surface area contributed by atoms with Crippen molar-refractivity contribution < 1.29 is 20.1 Å². The molecule has 0 aliphatic rings. The Bertz CT molecular complexity index is 583. The van der Waals surface area contributed by atoms with Gasteiger partial charge >= 0.3 is 5.97 Å². The number of hydrogen-bond donors (Lipinski definition) is 3. The Hall–Kier alpha value is -1.90. The molecule has 1 aromatic heterocycles. The van der Waals surface area contributed by atoms with Gasteiger partial charge in [0.1, 0.15) is 0 Å². The fourth-order valence-corrected chi connectivity index (χ4v) is 2.15. The van der Waals surface area contributed by atoms with Crippen LogP contribution in [-0.4, -0.2) is 69.9 Å². The monoisotopic (exact) mass is 313 g/mol. The Morgan fingerprint density at radius 1 is 1.32 bits per heavy atom. The van der Waals surface area contributed by atoms with Crippen molar-refractivity contribution in [3.8, 4) is 5.75 Å². The number of aliphatic hydroxyl groups excluding tert-OH is 1. The summed E-state index contributed by atoms with van der Waals surface area (Å²) in [7, 11) is 5.36. The molecule has 0 saturated heterocycles. The molecule has 0 radical (unpaired) electrons. The highest BCUT2D eigenvalue weighted by Crippen LogP contribution is 2.17. The van der Waals surface area contributed by atoms with Gasteiger partial charge in [-0.2, -0.15) is 0 Å². The molecule has 1 aromatic rings. The Morgan fingerprint density at radius 3 is 2.45 bits per heavy atom. The molecule has 1 heterocycles. The number of likely N-dealkylation sites (N-methyl/N-ethyl adjacent to an activating group) is 2. The SMILES string of the molecule is CN(C)CCn1c(CO)cc(=O)c(O)c1CN(C)CC(=O)O. The summed E-state index contributed by atoms with van der Waals surface area (Å²) in [5.74, 6) is -1.41. The molecule has 8 nitrogen and oxygen atoms in total. The van der Waals surface area contributed by atoms with E-state index in [9.17, 15) is 19.8 Å². The zero-order valence-electron chi connectivity index (χ0n) is 13.1. The third-order valence-corrected chi connectivity index (χ3v) is 3.23. The fraction of sp³-hybridized carbons (Fsp3) is 0.571. The van der Waals surface area contributed by atoms with Crippen LogP contribution in [0.2, 0.25) is 0 Å². The Labute approximate surface area is 128 Å². The van der Waals surface area contributed by atoms with Crippen LogP contribution in [-0.2, 0) is 24.5 Å². The van der Waals surface area contributed by atoms with Gasteiger partial charge in [-0.3, -0.25) is 14.5 Å². The normalized spacial score (nSPS) is 11.4. The van der Waals surface area contributed by atoms with Crippen molar-refractivity contribution in [3.63, 3.8) is 0 Å². The molecule has 0 atom stereocenters. The van der Waals surface area contributed by atoms with Crippen molar-refractivity contribution in [3.05, 3.63) is 27.7 Å². The molecule has 0 fully saturated rings. The smallest absolute Gasteiger partial charge is 0.317 e. The predicted molar refractivity (Wildman–Crippen MR) is 80.8 cm³/mol. The number of pyridine rings is 1.